The average molecular weight is 473 g/mol. The van der Waals surface area contributed by atoms with Crippen LogP contribution in [0.25, 0.3) is 11.1 Å². The van der Waals surface area contributed by atoms with Crippen LogP contribution < -0.4 is 4.90 Å². The Balaban J connectivity index is 2.08. The van der Waals surface area contributed by atoms with Gasteiger partial charge in [0.15, 0.2) is 0 Å². The van der Waals surface area contributed by atoms with Crippen molar-refractivity contribution in [2.75, 3.05) is 4.90 Å². The smallest absolute Gasteiger partial charge is 0.415 e. The molecule has 178 valence electrons. The summed E-state index contributed by atoms with van der Waals surface area (Å²) in [4.78, 5) is 37.0. The number of nitro groups is 1. The first-order valence-electron chi connectivity index (χ1n) is 10.6. The normalized spacial score (nSPS) is 10.8. The Labute approximate surface area is 202 Å². The van der Waals surface area contributed by atoms with Crippen molar-refractivity contribution >= 4 is 23.4 Å². The van der Waals surface area contributed by atoms with E-state index in [9.17, 15) is 30.1 Å². The molecule has 3 rings (SSSR count). The van der Waals surface area contributed by atoms with Crippen LogP contribution in [0, 0.1) is 21.4 Å². The molecule has 0 heterocycles. The average Bonchev–Trinajstić information content (AvgIpc) is 2.81. The molecule has 0 unspecified atom stereocenters. The minimum Gasteiger partial charge on any atom is -0.478 e. The molecule has 0 bridgehead atoms. The number of aromatic carboxylic acids is 1. The highest BCUT2D eigenvalue weighted by atomic mass is 16.6. The second kappa shape index (κ2) is 10.1. The van der Waals surface area contributed by atoms with E-state index < -0.39 is 33.8 Å². The lowest BCUT2D eigenvalue weighted by molar-refractivity contribution is -0.384. The van der Waals surface area contributed by atoms with Crippen molar-refractivity contribution in [3.8, 4) is 17.2 Å². The van der Waals surface area contributed by atoms with Crippen LogP contribution in [0.5, 0.6) is 0 Å². The first-order valence-corrected chi connectivity index (χ1v) is 10.6. The van der Waals surface area contributed by atoms with E-state index in [1.54, 1.807) is 57.2 Å². The van der Waals surface area contributed by atoms with Gasteiger partial charge in [0.05, 0.1) is 28.7 Å². The second-order valence-corrected chi connectivity index (χ2v) is 8.66. The number of benzene rings is 3. The molecular formula is C26H23N3O6. The van der Waals surface area contributed by atoms with Gasteiger partial charge in [-0.05, 0) is 49.6 Å². The highest BCUT2D eigenvalue weighted by molar-refractivity contribution is 6.03. The van der Waals surface area contributed by atoms with Gasteiger partial charge < -0.3 is 9.84 Å². The number of carboxylic acid groups (broad SMARTS) is 1. The van der Waals surface area contributed by atoms with Crippen LogP contribution in [0.15, 0.2) is 66.7 Å². The van der Waals surface area contributed by atoms with E-state index in [4.69, 9.17) is 4.74 Å². The van der Waals surface area contributed by atoms with Crippen LogP contribution in [0.1, 0.15) is 42.3 Å². The number of hydrogen-bond donors (Lipinski definition) is 1. The first-order chi connectivity index (χ1) is 16.5. The fourth-order valence-corrected chi connectivity index (χ4v) is 3.49. The molecule has 0 aliphatic rings. The highest BCUT2D eigenvalue weighted by Crippen LogP contribution is 2.35. The third-order valence-corrected chi connectivity index (χ3v) is 4.98. The lowest BCUT2D eigenvalue weighted by atomic mass is 9.99. The number of nitrogens with zero attached hydrogens (tertiary/aromatic N) is 3. The molecule has 0 spiro atoms. The zero-order chi connectivity index (χ0) is 25.8. The van der Waals surface area contributed by atoms with Crippen molar-refractivity contribution in [2.24, 2.45) is 0 Å². The van der Waals surface area contributed by atoms with Crippen LogP contribution in [0.3, 0.4) is 0 Å². The quantitative estimate of drug-likeness (QED) is 0.354. The lowest BCUT2D eigenvalue weighted by Gasteiger charge is -2.28. The van der Waals surface area contributed by atoms with Gasteiger partial charge in [0.2, 0.25) is 0 Å². The number of para-hydroxylation sites is 1. The van der Waals surface area contributed by atoms with Crippen LogP contribution >= 0.6 is 0 Å². The minimum absolute atomic E-state index is 0.180. The topological polar surface area (TPSA) is 134 Å². The summed E-state index contributed by atoms with van der Waals surface area (Å²) < 4.78 is 5.45. The molecule has 0 radical (unpaired) electrons. The Kier molecular flexibility index (Phi) is 7.16. The Hall–Kier alpha value is -4.71. The molecule has 0 aliphatic heterocycles. The molecule has 9 heteroatoms. The van der Waals surface area contributed by atoms with E-state index >= 15 is 0 Å². The lowest BCUT2D eigenvalue weighted by Crippen LogP contribution is -2.37. The van der Waals surface area contributed by atoms with Crippen LogP contribution in [-0.4, -0.2) is 27.7 Å². The Morgan fingerprint density at radius 2 is 1.71 bits per heavy atom. The van der Waals surface area contributed by atoms with Gasteiger partial charge in [-0.2, -0.15) is 5.26 Å². The maximum absolute atomic E-state index is 13.1. The number of carbonyl (C=O) groups is 2. The fraction of sp³-hybridized carbons (Fsp3) is 0.192. The fourth-order valence-electron chi connectivity index (χ4n) is 3.49. The van der Waals surface area contributed by atoms with Gasteiger partial charge in [-0.1, -0.05) is 48.5 Å². The van der Waals surface area contributed by atoms with Crippen LogP contribution in [-0.2, 0) is 11.3 Å². The van der Waals surface area contributed by atoms with Gasteiger partial charge in [-0.3, -0.25) is 15.0 Å². The summed E-state index contributed by atoms with van der Waals surface area (Å²) in [5.41, 5.74) is 0.361. The predicted molar refractivity (Wildman–Crippen MR) is 129 cm³/mol. The molecule has 0 saturated carbocycles. The van der Waals surface area contributed by atoms with Crippen molar-refractivity contribution < 1.29 is 24.4 Å². The molecule has 3 aromatic rings. The van der Waals surface area contributed by atoms with Gasteiger partial charge in [0, 0.05) is 6.07 Å². The van der Waals surface area contributed by atoms with Crippen molar-refractivity contribution in [3.05, 3.63) is 93.5 Å². The molecule has 0 saturated heterocycles. The van der Waals surface area contributed by atoms with Crippen molar-refractivity contribution in [2.45, 2.75) is 32.9 Å². The second-order valence-electron chi connectivity index (χ2n) is 8.66. The van der Waals surface area contributed by atoms with E-state index in [1.165, 1.54) is 12.1 Å². The Morgan fingerprint density at radius 1 is 1.06 bits per heavy atom. The standard InChI is InChI=1S/C26H23N3O6/c1-26(2,3)35-25(32)28(23-21(24(30)31)9-6-10-22(23)29(33)34)16-17-11-13-18(14-12-17)20-8-5-4-7-19(20)15-27/h4-14H,16H2,1-3H3,(H,30,31). The number of anilines is 1. The van der Waals surface area contributed by atoms with E-state index in [1.807, 2.05) is 12.1 Å². The molecule has 0 aromatic heterocycles. The summed E-state index contributed by atoms with van der Waals surface area (Å²) in [7, 11) is 0. The zero-order valence-corrected chi connectivity index (χ0v) is 19.4. The number of amides is 1. The van der Waals surface area contributed by atoms with Gasteiger partial charge in [0.1, 0.15) is 11.3 Å². The summed E-state index contributed by atoms with van der Waals surface area (Å²) >= 11 is 0. The largest absolute Gasteiger partial charge is 0.478 e. The molecular weight excluding hydrogens is 450 g/mol. The number of hydrogen-bond acceptors (Lipinski definition) is 6. The highest BCUT2D eigenvalue weighted by Gasteiger charge is 2.33. The predicted octanol–water partition coefficient (Wildman–Crippen LogP) is 5.77. The molecule has 35 heavy (non-hydrogen) atoms. The van der Waals surface area contributed by atoms with Crippen molar-refractivity contribution in [1.29, 1.82) is 5.26 Å². The third kappa shape index (κ3) is 5.81. The minimum atomic E-state index is -1.42. The number of rotatable bonds is 6. The number of nitro benzene ring substituents is 1. The van der Waals surface area contributed by atoms with E-state index in [2.05, 4.69) is 6.07 Å². The molecule has 0 aliphatic carbocycles. The van der Waals surface area contributed by atoms with E-state index in [0.29, 0.717) is 11.1 Å². The molecule has 1 N–H and O–H groups in total. The number of nitriles is 1. The summed E-state index contributed by atoms with van der Waals surface area (Å²) in [6.45, 7) is 4.74. The summed E-state index contributed by atoms with van der Waals surface area (Å²) in [5, 5.41) is 30.8. The van der Waals surface area contributed by atoms with Gasteiger partial charge in [-0.25, -0.2) is 9.59 Å². The molecule has 1 amide bonds. The number of carboxylic acids is 1. The van der Waals surface area contributed by atoms with Crippen LogP contribution in [0.2, 0.25) is 0 Å². The van der Waals surface area contributed by atoms with Crippen LogP contribution in [0.4, 0.5) is 16.2 Å². The molecule has 9 nitrogen and oxygen atoms in total. The van der Waals surface area contributed by atoms with Crippen molar-refractivity contribution in [1.82, 2.24) is 0 Å². The summed E-state index contributed by atoms with van der Waals surface area (Å²) in [6, 6.07) is 19.8. The maximum Gasteiger partial charge on any atom is 0.415 e. The van der Waals surface area contributed by atoms with Gasteiger partial charge in [-0.15, -0.1) is 0 Å². The van der Waals surface area contributed by atoms with E-state index in [0.717, 1.165) is 22.1 Å². The number of carbonyl (C=O) groups excluding carboxylic acids is 1. The third-order valence-electron chi connectivity index (χ3n) is 4.98. The van der Waals surface area contributed by atoms with Gasteiger partial charge >= 0.3 is 12.1 Å². The molecule has 0 fully saturated rings. The monoisotopic (exact) mass is 473 g/mol. The van der Waals surface area contributed by atoms with Crippen molar-refractivity contribution in [3.63, 3.8) is 0 Å². The summed E-state index contributed by atoms with van der Waals surface area (Å²) in [6.07, 6.45) is -0.923. The Bertz CT molecular complexity index is 1290. The molecule has 0 atom stereocenters. The van der Waals surface area contributed by atoms with E-state index in [-0.39, 0.29) is 12.2 Å². The zero-order valence-electron chi connectivity index (χ0n) is 19.4. The Morgan fingerprint density at radius 3 is 2.29 bits per heavy atom. The first kappa shape index (κ1) is 24.9. The maximum atomic E-state index is 13.1. The summed E-state index contributed by atoms with van der Waals surface area (Å²) in [5.74, 6) is -1.42. The number of ether oxygens (including phenoxy) is 1. The SMILES string of the molecule is CC(C)(C)OC(=O)N(Cc1ccc(-c2ccccc2C#N)cc1)c1c(C(=O)O)cccc1[N+](=O)[O-]. The molecule has 3 aromatic carbocycles. The van der Waals surface area contributed by atoms with Gasteiger partial charge in [0.25, 0.3) is 5.69 Å².